The summed E-state index contributed by atoms with van der Waals surface area (Å²) in [6.07, 6.45) is -0.568. The maximum absolute atomic E-state index is 10.7. The van der Waals surface area contributed by atoms with Crippen LogP contribution in [0.5, 0.6) is 0 Å². The lowest BCUT2D eigenvalue weighted by atomic mass is 10.5. The lowest BCUT2D eigenvalue weighted by Crippen LogP contribution is -2.29. The van der Waals surface area contributed by atoms with Gasteiger partial charge in [-0.1, -0.05) is 23.2 Å². The fourth-order valence-electron chi connectivity index (χ4n) is 0.632. The van der Waals surface area contributed by atoms with Gasteiger partial charge in [0.15, 0.2) is 6.23 Å². The van der Waals surface area contributed by atoms with Crippen molar-refractivity contribution in [2.45, 2.75) is 6.23 Å². The number of nitrogens with one attached hydrogen (secondary N) is 1. The second-order valence-electron chi connectivity index (χ2n) is 1.75. The van der Waals surface area contributed by atoms with Crippen LogP contribution in [0.15, 0.2) is 10.1 Å². The van der Waals surface area contributed by atoms with Crippen molar-refractivity contribution in [2.24, 2.45) is 0 Å². The molecule has 10 heavy (non-hydrogen) atoms. The van der Waals surface area contributed by atoms with Crippen molar-refractivity contribution in [3.8, 4) is 0 Å². The first-order valence-electron chi connectivity index (χ1n) is 2.55. The minimum atomic E-state index is -0.568. The van der Waals surface area contributed by atoms with E-state index in [4.69, 9.17) is 27.9 Å². The van der Waals surface area contributed by atoms with E-state index in [1.165, 1.54) is 7.11 Å². The fourth-order valence-corrected chi connectivity index (χ4v) is 1.01. The van der Waals surface area contributed by atoms with Crippen LogP contribution in [-0.4, -0.2) is 19.2 Å². The molecule has 0 radical (unpaired) electrons. The number of methoxy groups -OCH3 is 1. The minimum Gasteiger partial charge on any atom is -0.356 e. The highest BCUT2D eigenvalue weighted by atomic mass is 35.5. The van der Waals surface area contributed by atoms with Crippen molar-refractivity contribution in [1.82, 2.24) is 5.32 Å². The first-order chi connectivity index (χ1) is 4.66. The molecule has 1 aliphatic heterocycles. The number of carbonyl (C=O) groups is 1. The van der Waals surface area contributed by atoms with E-state index in [9.17, 15) is 4.79 Å². The highest BCUT2D eigenvalue weighted by Crippen LogP contribution is 2.23. The van der Waals surface area contributed by atoms with Crippen molar-refractivity contribution in [3.63, 3.8) is 0 Å². The van der Waals surface area contributed by atoms with Gasteiger partial charge >= 0.3 is 0 Å². The van der Waals surface area contributed by atoms with Gasteiger partial charge in [-0.05, 0) is 0 Å². The summed E-state index contributed by atoms with van der Waals surface area (Å²) in [7, 11) is 1.43. The van der Waals surface area contributed by atoms with Gasteiger partial charge in [-0.25, -0.2) is 0 Å². The van der Waals surface area contributed by atoms with E-state index in [-0.39, 0.29) is 10.1 Å². The zero-order chi connectivity index (χ0) is 7.72. The Bertz CT molecular complexity index is 202. The van der Waals surface area contributed by atoms with Crippen LogP contribution in [-0.2, 0) is 9.53 Å². The van der Waals surface area contributed by atoms with Gasteiger partial charge in [-0.3, -0.25) is 4.79 Å². The third-order valence-electron chi connectivity index (χ3n) is 1.14. The lowest BCUT2D eigenvalue weighted by molar-refractivity contribution is -0.118. The van der Waals surface area contributed by atoms with Gasteiger partial charge in [0.1, 0.15) is 5.03 Å². The van der Waals surface area contributed by atoms with Crippen molar-refractivity contribution >= 4 is 29.1 Å². The monoisotopic (exact) mass is 181 g/mol. The lowest BCUT2D eigenvalue weighted by Gasteiger charge is -2.06. The van der Waals surface area contributed by atoms with Crippen molar-refractivity contribution < 1.29 is 9.53 Å². The summed E-state index contributed by atoms with van der Waals surface area (Å²) >= 11 is 11.0. The summed E-state index contributed by atoms with van der Waals surface area (Å²) in [4.78, 5) is 10.7. The Balaban J connectivity index is 2.83. The number of hydrogen-bond acceptors (Lipinski definition) is 2. The first kappa shape index (κ1) is 7.85. The van der Waals surface area contributed by atoms with E-state index >= 15 is 0 Å². The minimum absolute atomic E-state index is 0.00789. The quantitative estimate of drug-likeness (QED) is 0.650. The van der Waals surface area contributed by atoms with Gasteiger partial charge in [-0.15, -0.1) is 0 Å². The van der Waals surface area contributed by atoms with Gasteiger partial charge < -0.3 is 10.1 Å². The first-order valence-corrected chi connectivity index (χ1v) is 3.31. The van der Waals surface area contributed by atoms with E-state index < -0.39 is 12.1 Å². The molecule has 0 aromatic heterocycles. The van der Waals surface area contributed by atoms with E-state index in [0.717, 1.165) is 0 Å². The number of halogens is 2. The van der Waals surface area contributed by atoms with Crippen LogP contribution in [0.4, 0.5) is 0 Å². The smallest absolute Gasteiger partial charge is 0.266 e. The molecule has 1 unspecified atom stereocenters. The third-order valence-corrected chi connectivity index (χ3v) is 2.00. The summed E-state index contributed by atoms with van der Waals surface area (Å²) < 4.78 is 4.76. The van der Waals surface area contributed by atoms with Gasteiger partial charge in [0.25, 0.3) is 5.91 Å². The average Bonchev–Trinajstić information content (AvgIpc) is 2.17. The van der Waals surface area contributed by atoms with Crippen LogP contribution in [0.3, 0.4) is 0 Å². The maximum Gasteiger partial charge on any atom is 0.266 e. The zero-order valence-electron chi connectivity index (χ0n) is 5.15. The van der Waals surface area contributed by atoms with Crippen LogP contribution in [0.2, 0.25) is 0 Å². The fraction of sp³-hybridized carbons (Fsp3) is 0.400. The van der Waals surface area contributed by atoms with Crippen LogP contribution in [0.1, 0.15) is 0 Å². The van der Waals surface area contributed by atoms with Crippen LogP contribution in [0.25, 0.3) is 0 Å². The average molecular weight is 182 g/mol. The largest absolute Gasteiger partial charge is 0.356 e. The number of rotatable bonds is 1. The Morgan fingerprint density at radius 3 is 2.40 bits per heavy atom. The molecular formula is C5H5Cl2NO2. The molecule has 1 N–H and O–H groups in total. The topological polar surface area (TPSA) is 38.3 Å². The molecule has 56 valence electrons. The second-order valence-corrected chi connectivity index (χ2v) is 2.54. The molecule has 0 aliphatic carbocycles. The van der Waals surface area contributed by atoms with Crippen LogP contribution >= 0.6 is 23.2 Å². The van der Waals surface area contributed by atoms with Gasteiger partial charge in [0.05, 0.1) is 5.03 Å². The Morgan fingerprint density at radius 1 is 1.60 bits per heavy atom. The summed E-state index contributed by atoms with van der Waals surface area (Å²) in [5.41, 5.74) is 0. The molecule has 1 amide bonds. The number of hydrogen-bond donors (Lipinski definition) is 1. The van der Waals surface area contributed by atoms with Gasteiger partial charge in [0, 0.05) is 7.11 Å². The SMILES string of the molecule is COC1NC(=O)C(Cl)=C1Cl. The van der Waals surface area contributed by atoms with Crippen molar-refractivity contribution in [3.05, 3.63) is 10.1 Å². The third kappa shape index (κ3) is 1.12. The Kier molecular flexibility index (Phi) is 2.18. The van der Waals surface area contributed by atoms with Gasteiger partial charge in [-0.2, -0.15) is 0 Å². The normalized spacial score (nSPS) is 25.5. The van der Waals surface area contributed by atoms with Crippen molar-refractivity contribution in [1.29, 1.82) is 0 Å². The molecular weight excluding hydrogens is 177 g/mol. The molecule has 0 aromatic carbocycles. The molecule has 1 rings (SSSR count). The Morgan fingerprint density at radius 2 is 2.20 bits per heavy atom. The maximum atomic E-state index is 10.7. The summed E-state index contributed by atoms with van der Waals surface area (Å²) in [5, 5.41) is 2.63. The van der Waals surface area contributed by atoms with Crippen LogP contribution < -0.4 is 5.32 Å². The Labute approximate surface area is 67.9 Å². The van der Waals surface area contributed by atoms with Crippen LogP contribution in [0, 0.1) is 0 Å². The molecule has 0 saturated heterocycles. The standard InChI is InChI=1S/C5H5Cl2NO2/c1-10-5-3(7)2(6)4(9)8-5/h5H,1H3,(H,8,9). The second kappa shape index (κ2) is 2.78. The predicted molar refractivity (Wildman–Crippen MR) is 37.7 cm³/mol. The summed E-state index contributed by atoms with van der Waals surface area (Å²) in [5.74, 6) is -0.390. The van der Waals surface area contributed by atoms with E-state index in [0.29, 0.717) is 0 Å². The zero-order valence-corrected chi connectivity index (χ0v) is 6.66. The number of carbonyl (C=O) groups excluding carboxylic acids is 1. The molecule has 0 aromatic rings. The summed E-state index contributed by atoms with van der Waals surface area (Å²) in [6.45, 7) is 0. The predicted octanol–water partition coefficient (Wildman–Crippen LogP) is 0.778. The molecule has 0 saturated carbocycles. The molecule has 1 atom stereocenters. The van der Waals surface area contributed by atoms with E-state index in [1.54, 1.807) is 0 Å². The van der Waals surface area contributed by atoms with E-state index in [1.807, 2.05) is 0 Å². The van der Waals surface area contributed by atoms with Gasteiger partial charge in [0.2, 0.25) is 0 Å². The van der Waals surface area contributed by atoms with E-state index in [2.05, 4.69) is 5.32 Å². The Hall–Kier alpha value is -0.250. The molecule has 3 nitrogen and oxygen atoms in total. The molecule has 0 spiro atoms. The molecule has 1 aliphatic rings. The highest BCUT2D eigenvalue weighted by molar-refractivity contribution is 6.49. The molecule has 5 heteroatoms. The van der Waals surface area contributed by atoms with Crippen molar-refractivity contribution in [2.75, 3.05) is 7.11 Å². The summed E-state index contributed by atoms with van der Waals surface area (Å²) in [6, 6.07) is 0. The molecule has 0 bridgehead atoms. The number of amides is 1. The number of ether oxygens (including phenoxy) is 1. The molecule has 1 heterocycles. The highest BCUT2D eigenvalue weighted by Gasteiger charge is 2.28. The molecule has 0 fully saturated rings.